The third-order valence-electron chi connectivity index (χ3n) is 4.41. The van der Waals surface area contributed by atoms with E-state index in [0.717, 1.165) is 29.3 Å². The lowest BCUT2D eigenvalue weighted by Gasteiger charge is -2.38. The van der Waals surface area contributed by atoms with E-state index in [0.29, 0.717) is 0 Å². The number of nitrogens with zero attached hydrogens (tertiary/aromatic N) is 1. The monoisotopic (exact) mass is 298 g/mol. The predicted molar refractivity (Wildman–Crippen MR) is 86.2 cm³/mol. The van der Waals surface area contributed by atoms with Crippen LogP contribution in [0, 0.1) is 11.8 Å². The van der Waals surface area contributed by atoms with Gasteiger partial charge in [0.2, 0.25) is 5.91 Å². The molecule has 0 saturated heterocycles. The Balaban J connectivity index is 1.90. The van der Waals surface area contributed by atoms with Gasteiger partial charge in [-0.3, -0.25) is 9.78 Å². The van der Waals surface area contributed by atoms with Crippen LogP contribution < -0.4 is 5.32 Å². The van der Waals surface area contributed by atoms with E-state index in [2.05, 4.69) is 16.4 Å². The van der Waals surface area contributed by atoms with Crippen molar-refractivity contribution >= 4 is 16.8 Å². The van der Waals surface area contributed by atoms with Gasteiger partial charge in [0.25, 0.3) is 0 Å². The van der Waals surface area contributed by atoms with Crippen LogP contribution >= 0.6 is 0 Å². The number of aliphatic hydroxyl groups is 1. The molecular weight excluding hydrogens is 276 g/mol. The van der Waals surface area contributed by atoms with Gasteiger partial charge in [-0.25, -0.2) is 0 Å². The third kappa shape index (κ3) is 2.97. The lowest BCUT2D eigenvalue weighted by molar-refractivity contribution is -0.126. The van der Waals surface area contributed by atoms with Gasteiger partial charge in [-0.05, 0) is 36.5 Å². The quantitative estimate of drug-likeness (QED) is 0.912. The highest BCUT2D eigenvalue weighted by Crippen LogP contribution is 2.38. The SMILES string of the molecule is CC(C)C(=O)N[C@H](c1cnc2ccccc2c1)C1CC(O)C1. The van der Waals surface area contributed by atoms with Gasteiger partial charge in [0, 0.05) is 17.5 Å². The highest BCUT2D eigenvalue weighted by Gasteiger charge is 2.36. The first kappa shape index (κ1) is 15.0. The van der Waals surface area contributed by atoms with E-state index < -0.39 is 0 Å². The van der Waals surface area contributed by atoms with E-state index in [4.69, 9.17) is 0 Å². The van der Waals surface area contributed by atoms with E-state index in [1.165, 1.54) is 0 Å². The lowest BCUT2D eigenvalue weighted by Crippen LogP contribution is -2.42. The minimum Gasteiger partial charge on any atom is -0.393 e. The maximum Gasteiger partial charge on any atom is 0.223 e. The van der Waals surface area contributed by atoms with Gasteiger partial charge in [0.1, 0.15) is 0 Å². The second-order valence-corrected chi connectivity index (χ2v) is 6.49. The molecule has 22 heavy (non-hydrogen) atoms. The molecule has 1 aromatic carbocycles. The van der Waals surface area contributed by atoms with Crippen LogP contribution in [0.4, 0.5) is 0 Å². The molecule has 1 aliphatic rings. The number of rotatable bonds is 4. The van der Waals surface area contributed by atoms with Crippen molar-refractivity contribution in [1.82, 2.24) is 10.3 Å². The summed E-state index contributed by atoms with van der Waals surface area (Å²) in [4.78, 5) is 16.6. The van der Waals surface area contributed by atoms with Crippen molar-refractivity contribution in [2.45, 2.75) is 38.8 Å². The number of carbonyl (C=O) groups is 1. The molecule has 116 valence electrons. The summed E-state index contributed by atoms with van der Waals surface area (Å²) in [5.41, 5.74) is 1.97. The number of aromatic nitrogens is 1. The zero-order valence-corrected chi connectivity index (χ0v) is 13.0. The minimum atomic E-state index is -0.239. The minimum absolute atomic E-state index is 0.0412. The number of para-hydroxylation sites is 1. The van der Waals surface area contributed by atoms with Gasteiger partial charge < -0.3 is 10.4 Å². The molecule has 4 nitrogen and oxygen atoms in total. The molecule has 3 rings (SSSR count). The van der Waals surface area contributed by atoms with Crippen LogP contribution in [0.25, 0.3) is 10.9 Å². The van der Waals surface area contributed by atoms with Gasteiger partial charge in [-0.2, -0.15) is 0 Å². The topological polar surface area (TPSA) is 62.2 Å². The fourth-order valence-electron chi connectivity index (χ4n) is 2.95. The van der Waals surface area contributed by atoms with Crippen LogP contribution in [0.1, 0.15) is 38.3 Å². The highest BCUT2D eigenvalue weighted by atomic mass is 16.3. The standard InChI is InChI=1S/C18H22N2O2/c1-11(2)18(22)20-17(13-8-15(21)9-13)14-7-12-5-3-4-6-16(12)19-10-14/h3-7,10-11,13,15,17,21H,8-9H2,1-2H3,(H,20,22)/t13?,15?,17-/m0/s1. The number of hydrogen-bond acceptors (Lipinski definition) is 3. The normalized spacial score (nSPS) is 22.4. The third-order valence-corrected chi connectivity index (χ3v) is 4.41. The lowest BCUT2D eigenvalue weighted by atomic mass is 9.75. The Morgan fingerprint density at radius 2 is 2.05 bits per heavy atom. The molecule has 1 saturated carbocycles. The Bertz CT molecular complexity index is 678. The summed E-state index contributed by atoms with van der Waals surface area (Å²) in [5.74, 6) is 0.265. The largest absolute Gasteiger partial charge is 0.393 e. The Labute approximate surface area is 130 Å². The zero-order valence-electron chi connectivity index (χ0n) is 13.0. The maximum absolute atomic E-state index is 12.1. The summed E-state index contributed by atoms with van der Waals surface area (Å²) in [7, 11) is 0. The van der Waals surface area contributed by atoms with Gasteiger partial charge >= 0.3 is 0 Å². The first-order valence-corrected chi connectivity index (χ1v) is 7.87. The molecule has 1 heterocycles. The van der Waals surface area contributed by atoms with Crippen molar-refractivity contribution in [3.8, 4) is 0 Å². The van der Waals surface area contributed by atoms with Crippen LogP contribution in [0.2, 0.25) is 0 Å². The summed E-state index contributed by atoms with van der Waals surface area (Å²) >= 11 is 0. The summed E-state index contributed by atoms with van der Waals surface area (Å²) in [6, 6.07) is 9.99. The van der Waals surface area contributed by atoms with Crippen LogP contribution in [-0.2, 0) is 4.79 Å². The molecule has 0 unspecified atom stereocenters. The van der Waals surface area contributed by atoms with Crippen LogP contribution in [-0.4, -0.2) is 22.1 Å². The Morgan fingerprint density at radius 1 is 1.32 bits per heavy atom. The average Bonchev–Trinajstić information content (AvgIpc) is 2.49. The van der Waals surface area contributed by atoms with Crippen LogP contribution in [0.15, 0.2) is 36.5 Å². The van der Waals surface area contributed by atoms with Crippen molar-refractivity contribution in [3.05, 3.63) is 42.1 Å². The number of fused-ring (bicyclic) bond motifs is 1. The summed E-state index contributed by atoms with van der Waals surface area (Å²) in [5, 5.41) is 13.8. The number of hydrogen-bond donors (Lipinski definition) is 2. The first-order valence-electron chi connectivity index (χ1n) is 7.87. The molecule has 2 aromatic rings. The van der Waals surface area contributed by atoms with E-state index in [-0.39, 0.29) is 29.9 Å². The maximum atomic E-state index is 12.1. The summed E-state index contributed by atoms with van der Waals surface area (Å²) in [6.07, 6.45) is 3.07. The second kappa shape index (κ2) is 6.05. The molecule has 0 bridgehead atoms. The molecule has 1 aliphatic carbocycles. The van der Waals surface area contributed by atoms with Crippen molar-refractivity contribution in [3.63, 3.8) is 0 Å². The molecule has 1 atom stereocenters. The van der Waals surface area contributed by atoms with E-state index in [1.807, 2.05) is 44.3 Å². The van der Waals surface area contributed by atoms with Crippen molar-refractivity contribution < 1.29 is 9.90 Å². The van der Waals surface area contributed by atoms with Crippen LogP contribution in [0.3, 0.4) is 0 Å². The fraction of sp³-hybridized carbons (Fsp3) is 0.444. The van der Waals surface area contributed by atoms with E-state index >= 15 is 0 Å². The number of carbonyl (C=O) groups excluding carboxylic acids is 1. The first-order chi connectivity index (χ1) is 10.5. The average molecular weight is 298 g/mol. The van der Waals surface area contributed by atoms with E-state index in [9.17, 15) is 9.90 Å². The van der Waals surface area contributed by atoms with E-state index in [1.54, 1.807) is 0 Å². The predicted octanol–water partition coefficient (Wildman–Crippen LogP) is 2.82. The summed E-state index contributed by atoms with van der Waals surface area (Å²) in [6.45, 7) is 3.78. The van der Waals surface area contributed by atoms with Gasteiger partial charge in [0.05, 0.1) is 17.7 Å². The van der Waals surface area contributed by atoms with Gasteiger partial charge in [0.15, 0.2) is 0 Å². The van der Waals surface area contributed by atoms with Crippen molar-refractivity contribution in [1.29, 1.82) is 0 Å². The number of aliphatic hydroxyl groups excluding tert-OH is 1. The van der Waals surface area contributed by atoms with Gasteiger partial charge in [-0.1, -0.05) is 32.0 Å². The number of nitrogens with one attached hydrogen (secondary N) is 1. The Kier molecular flexibility index (Phi) is 4.12. The molecule has 0 aliphatic heterocycles. The molecule has 0 radical (unpaired) electrons. The van der Waals surface area contributed by atoms with Crippen molar-refractivity contribution in [2.75, 3.05) is 0 Å². The molecule has 2 N–H and O–H groups in total. The zero-order chi connectivity index (χ0) is 15.7. The Morgan fingerprint density at radius 3 is 2.73 bits per heavy atom. The smallest absolute Gasteiger partial charge is 0.223 e. The Hall–Kier alpha value is -1.94. The fourth-order valence-corrected chi connectivity index (χ4v) is 2.95. The molecule has 1 aromatic heterocycles. The highest BCUT2D eigenvalue weighted by molar-refractivity contribution is 5.80. The molecule has 0 spiro atoms. The number of benzene rings is 1. The summed E-state index contributed by atoms with van der Waals surface area (Å²) < 4.78 is 0. The number of pyridine rings is 1. The van der Waals surface area contributed by atoms with Crippen molar-refractivity contribution in [2.24, 2.45) is 11.8 Å². The molecule has 1 fully saturated rings. The molecular formula is C18H22N2O2. The number of amides is 1. The molecule has 1 amide bonds. The second-order valence-electron chi connectivity index (χ2n) is 6.49. The van der Waals surface area contributed by atoms with Crippen LogP contribution in [0.5, 0.6) is 0 Å². The van der Waals surface area contributed by atoms with Gasteiger partial charge in [-0.15, -0.1) is 0 Å². The molecule has 4 heteroatoms.